The third-order valence-electron chi connectivity index (χ3n) is 3.24. The molecule has 1 saturated heterocycles. The lowest BCUT2D eigenvalue weighted by molar-refractivity contribution is -0.140. The molecule has 1 fully saturated rings. The Kier molecular flexibility index (Phi) is 4.74. The summed E-state index contributed by atoms with van der Waals surface area (Å²) < 4.78 is 6.20. The number of nitrogens with two attached hydrogens (primary N) is 2. The molecule has 2 atom stereocenters. The van der Waals surface area contributed by atoms with E-state index in [1.165, 1.54) is 0 Å². The molecule has 4 N–H and O–H groups in total. The van der Waals surface area contributed by atoms with Gasteiger partial charge in [-0.3, -0.25) is 14.5 Å². The van der Waals surface area contributed by atoms with E-state index in [1.54, 1.807) is 0 Å². The first-order chi connectivity index (χ1) is 9.49. The van der Waals surface area contributed by atoms with Crippen molar-refractivity contribution in [2.45, 2.75) is 12.1 Å². The van der Waals surface area contributed by atoms with E-state index in [9.17, 15) is 9.59 Å². The molecule has 0 saturated carbocycles. The van der Waals surface area contributed by atoms with Crippen LogP contribution in [0.2, 0.25) is 0 Å². The van der Waals surface area contributed by atoms with E-state index in [4.69, 9.17) is 16.2 Å². The van der Waals surface area contributed by atoms with Gasteiger partial charge in [0, 0.05) is 17.6 Å². The van der Waals surface area contributed by atoms with Crippen molar-refractivity contribution >= 4 is 27.7 Å². The number of ether oxygens (including phenoxy) is 1. The Morgan fingerprint density at radius 3 is 2.50 bits per heavy atom. The monoisotopic (exact) mass is 341 g/mol. The van der Waals surface area contributed by atoms with Gasteiger partial charge in [0.25, 0.3) is 0 Å². The molecule has 0 aromatic heterocycles. The lowest BCUT2D eigenvalue weighted by atomic mass is 10.0. The lowest BCUT2D eigenvalue weighted by Crippen LogP contribution is -2.51. The van der Waals surface area contributed by atoms with Crippen LogP contribution in [0.5, 0.6) is 0 Å². The van der Waals surface area contributed by atoms with Gasteiger partial charge >= 0.3 is 0 Å². The van der Waals surface area contributed by atoms with Crippen molar-refractivity contribution in [3.05, 3.63) is 34.3 Å². The topological polar surface area (TPSA) is 98.7 Å². The highest BCUT2D eigenvalue weighted by Gasteiger charge is 2.32. The van der Waals surface area contributed by atoms with Crippen molar-refractivity contribution in [2.75, 3.05) is 19.7 Å². The fraction of sp³-hybridized carbons (Fsp3) is 0.385. The zero-order valence-electron chi connectivity index (χ0n) is 10.8. The Balaban J connectivity index is 2.22. The Bertz CT molecular complexity index is 506. The number of morpholine rings is 1. The first kappa shape index (κ1) is 15.0. The van der Waals surface area contributed by atoms with E-state index < -0.39 is 24.0 Å². The normalized spacial score (nSPS) is 21.4. The van der Waals surface area contributed by atoms with E-state index in [2.05, 4.69) is 15.9 Å². The molecule has 20 heavy (non-hydrogen) atoms. The second-order valence-corrected chi connectivity index (χ2v) is 5.53. The average molecular weight is 342 g/mol. The van der Waals surface area contributed by atoms with Crippen molar-refractivity contribution < 1.29 is 14.3 Å². The summed E-state index contributed by atoms with van der Waals surface area (Å²) in [5.41, 5.74) is 11.5. The van der Waals surface area contributed by atoms with Crippen LogP contribution in [0, 0.1) is 0 Å². The third-order valence-corrected chi connectivity index (χ3v) is 3.76. The highest BCUT2D eigenvalue weighted by Crippen LogP contribution is 2.24. The second kappa shape index (κ2) is 6.34. The molecule has 7 heteroatoms. The first-order valence-electron chi connectivity index (χ1n) is 6.19. The molecule has 2 amide bonds. The number of rotatable bonds is 4. The molecule has 1 aromatic carbocycles. The lowest BCUT2D eigenvalue weighted by Gasteiger charge is -2.35. The number of carbonyl (C=O) groups is 2. The summed E-state index contributed by atoms with van der Waals surface area (Å²) in [4.78, 5) is 24.8. The van der Waals surface area contributed by atoms with E-state index >= 15 is 0 Å². The summed E-state index contributed by atoms with van der Waals surface area (Å²) >= 11 is 3.35. The van der Waals surface area contributed by atoms with Crippen molar-refractivity contribution in [3.8, 4) is 0 Å². The van der Waals surface area contributed by atoms with E-state index in [-0.39, 0.29) is 6.54 Å². The van der Waals surface area contributed by atoms with Crippen molar-refractivity contribution in [1.82, 2.24) is 4.90 Å². The number of nitrogens with zero attached hydrogens (tertiary/aromatic N) is 1. The summed E-state index contributed by atoms with van der Waals surface area (Å²) in [6, 6.07) is 6.76. The van der Waals surface area contributed by atoms with Crippen LogP contribution in [-0.4, -0.2) is 42.5 Å². The van der Waals surface area contributed by atoms with Gasteiger partial charge in [-0.25, -0.2) is 0 Å². The molecular formula is C13H16BrN3O3. The fourth-order valence-electron chi connectivity index (χ4n) is 2.28. The fourth-order valence-corrected chi connectivity index (χ4v) is 2.54. The number of carbonyl (C=O) groups excluding carboxylic acids is 2. The number of amides is 2. The molecule has 0 bridgehead atoms. The Morgan fingerprint density at radius 1 is 1.30 bits per heavy atom. The van der Waals surface area contributed by atoms with Crippen LogP contribution >= 0.6 is 15.9 Å². The first-order valence-corrected chi connectivity index (χ1v) is 6.98. The minimum absolute atomic E-state index is 0.263. The van der Waals surface area contributed by atoms with Gasteiger partial charge in [0.15, 0.2) is 0 Å². The SMILES string of the molecule is NC(=O)C1CN(C(C(N)=O)c2ccc(Br)cc2)CCO1. The molecule has 0 radical (unpaired) electrons. The number of hydrogen-bond donors (Lipinski definition) is 2. The molecule has 108 valence electrons. The molecule has 1 aromatic rings. The van der Waals surface area contributed by atoms with Crippen LogP contribution in [-0.2, 0) is 14.3 Å². The van der Waals surface area contributed by atoms with Crippen LogP contribution < -0.4 is 11.5 Å². The third kappa shape index (κ3) is 3.36. The zero-order valence-corrected chi connectivity index (χ0v) is 12.4. The number of halogens is 1. The quantitative estimate of drug-likeness (QED) is 0.814. The Hall–Kier alpha value is -1.44. The van der Waals surface area contributed by atoms with Gasteiger partial charge in [-0.2, -0.15) is 0 Å². The number of primary amides is 2. The zero-order chi connectivity index (χ0) is 14.7. The highest BCUT2D eigenvalue weighted by atomic mass is 79.9. The number of hydrogen-bond acceptors (Lipinski definition) is 4. The summed E-state index contributed by atoms with van der Waals surface area (Å²) in [6.07, 6.45) is -0.707. The van der Waals surface area contributed by atoms with Gasteiger partial charge in [-0.15, -0.1) is 0 Å². The molecule has 0 aliphatic carbocycles. The molecule has 6 nitrogen and oxygen atoms in total. The predicted molar refractivity (Wildman–Crippen MR) is 76.6 cm³/mol. The summed E-state index contributed by atoms with van der Waals surface area (Å²) in [5.74, 6) is -0.994. The van der Waals surface area contributed by atoms with Crippen molar-refractivity contribution in [2.24, 2.45) is 11.5 Å². The molecule has 2 rings (SSSR count). The predicted octanol–water partition coefficient (Wildman–Crippen LogP) is 0.162. The second-order valence-electron chi connectivity index (χ2n) is 4.61. The van der Waals surface area contributed by atoms with Crippen LogP contribution in [0.25, 0.3) is 0 Å². The van der Waals surface area contributed by atoms with E-state index in [1.807, 2.05) is 29.2 Å². The molecule has 1 aliphatic rings. The van der Waals surface area contributed by atoms with Crippen LogP contribution in [0.4, 0.5) is 0 Å². The van der Waals surface area contributed by atoms with Crippen molar-refractivity contribution in [1.29, 1.82) is 0 Å². The molecule has 1 heterocycles. The largest absolute Gasteiger partial charge is 0.368 e. The molecule has 2 unspecified atom stereocenters. The Labute approximate surface area is 125 Å². The minimum Gasteiger partial charge on any atom is -0.368 e. The van der Waals surface area contributed by atoms with E-state index in [0.29, 0.717) is 13.2 Å². The Morgan fingerprint density at radius 2 is 1.95 bits per heavy atom. The van der Waals surface area contributed by atoms with E-state index in [0.717, 1.165) is 10.0 Å². The number of benzene rings is 1. The van der Waals surface area contributed by atoms with Gasteiger partial charge in [-0.1, -0.05) is 28.1 Å². The maximum absolute atomic E-state index is 11.8. The summed E-state index contributed by atoms with van der Waals surface area (Å²) in [7, 11) is 0. The smallest absolute Gasteiger partial charge is 0.247 e. The molecule has 1 aliphatic heterocycles. The molecular weight excluding hydrogens is 326 g/mol. The summed E-state index contributed by atoms with van der Waals surface area (Å²) in [5, 5.41) is 0. The van der Waals surface area contributed by atoms with Gasteiger partial charge in [0.2, 0.25) is 11.8 Å². The minimum atomic E-state index is -0.707. The van der Waals surface area contributed by atoms with Crippen LogP contribution in [0.1, 0.15) is 11.6 Å². The van der Waals surface area contributed by atoms with Crippen LogP contribution in [0.3, 0.4) is 0 Å². The van der Waals surface area contributed by atoms with Crippen molar-refractivity contribution in [3.63, 3.8) is 0 Å². The van der Waals surface area contributed by atoms with Crippen LogP contribution in [0.15, 0.2) is 28.7 Å². The van der Waals surface area contributed by atoms with Gasteiger partial charge in [0.05, 0.1) is 6.61 Å². The summed E-state index contributed by atoms with van der Waals surface area (Å²) in [6.45, 7) is 1.13. The van der Waals surface area contributed by atoms with Gasteiger partial charge < -0.3 is 16.2 Å². The maximum atomic E-state index is 11.8. The highest BCUT2D eigenvalue weighted by molar-refractivity contribution is 9.10. The maximum Gasteiger partial charge on any atom is 0.247 e. The van der Waals surface area contributed by atoms with Gasteiger partial charge in [0.1, 0.15) is 12.1 Å². The molecule has 0 spiro atoms. The average Bonchev–Trinajstić information content (AvgIpc) is 2.41. The standard InChI is InChI=1S/C13H16BrN3O3/c14-9-3-1-8(2-4-9)11(13(16)19)17-5-6-20-10(7-17)12(15)18/h1-4,10-11H,5-7H2,(H2,15,18)(H2,16,19). The van der Waals surface area contributed by atoms with Gasteiger partial charge in [-0.05, 0) is 17.7 Å².